The molecule has 0 amide bonds. The van der Waals surface area contributed by atoms with Crippen LogP contribution in [0.25, 0.3) is 0 Å². The minimum Gasteiger partial charge on any atom is -0.367 e. The molecule has 1 aromatic carbocycles. The Kier molecular flexibility index (Phi) is 6.86. The van der Waals surface area contributed by atoms with E-state index < -0.39 is 10.0 Å². The fraction of sp³-hybridized carbons (Fsp3) is 0.167. The average molecular weight is 453 g/mol. The van der Waals surface area contributed by atoms with Crippen LogP contribution in [-0.4, -0.2) is 36.7 Å². The van der Waals surface area contributed by atoms with Crippen molar-refractivity contribution in [1.82, 2.24) is 19.9 Å². The van der Waals surface area contributed by atoms with Crippen molar-refractivity contribution in [2.75, 3.05) is 23.7 Å². The van der Waals surface area contributed by atoms with Gasteiger partial charge < -0.3 is 10.6 Å². The number of nitrogens with zero attached hydrogens (tertiary/aromatic N) is 3. The van der Waals surface area contributed by atoms with Crippen LogP contribution in [0.5, 0.6) is 0 Å². The van der Waals surface area contributed by atoms with Gasteiger partial charge in [-0.3, -0.25) is 4.98 Å². The normalized spacial score (nSPS) is 11.3. The van der Waals surface area contributed by atoms with Crippen molar-refractivity contribution < 1.29 is 8.42 Å². The molecule has 11 heteroatoms. The zero-order valence-electron chi connectivity index (χ0n) is 15.4. The summed E-state index contributed by atoms with van der Waals surface area (Å²) in [5.74, 6) is 1.08. The van der Waals surface area contributed by atoms with Crippen molar-refractivity contribution in [1.29, 1.82) is 0 Å². The summed E-state index contributed by atoms with van der Waals surface area (Å²) in [6.45, 7) is 2.16. The summed E-state index contributed by atoms with van der Waals surface area (Å²) < 4.78 is 27.4. The highest BCUT2D eigenvalue weighted by atomic mass is 35.5. The molecule has 3 rings (SSSR count). The number of aryl methyl sites for hydroxylation is 1. The van der Waals surface area contributed by atoms with Gasteiger partial charge in [0.1, 0.15) is 10.7 Å². The van der Waals surface area contributed by atoms with Gasteiger partial charge in [-0.25, -0.2) is 13.1 Å². The smallest absolute Gasteiger partial charge is 0.242 e. The number of nitrogens with one attached hydrogen (secondary N) is 3. The maximum absolute atomic E-state index is 12.4. The SMILES string of the molecule is Cc1cc(S(=O)(=O)NCCNc2ccc(Nc3cccnc3)nn2)c(Cl)cc1Cl. The maximum Gasteiger partial charge on any atom is 0.242 e. The van der Waals surface area contributed by atoms with E-state index in [1.54, 1.807) is 31.5 Å². The van der Waals surface area contributed by atoms with Crippen LogP contribution in [-0.2, 0) is 10.0 Å². The van der Waals surface area contributed by atoms with E-state index in [1.165, 1.54) is 12.1 Å². The van der Waals surface area contributed by atoms with E-state index in [9.17, 15) is 8.42 Å². The second-order valence-electron chi connectivity index (χ2n) is 6.03. The standard InChI is InChI=1S/C18H18Cl2N6O2S/c1-12-9-16(15(20)10-14(12)19)29(27,28)23-8-7-22-17-4-5-18(26-25-17)24-13-3-2-6-21-11-13/h2-6,9-11,23H,7-8H2,1H3,(H,22,25)(H,24,26). The molecule has 0 aliphatic carbocycles. The Hall–Kier alpha value is -2.46. The summed E-state index contributed by atoms with van der Waals surface area (Å²) in [4.78, 5) is 4.00. The third-order valence-electron chi connectivity index (χ3n) is 3.82. The lowest BCUT2D eigenvalue weighted by Crippen LogP contribution is -2.29. The lowest BCUT2D eigenvalue weighted by Gasteiger charge is -2.11. The highest BCUT2D eigenvalue weighted by Gasteiger charge is 2.18. The van der Waals surface area contributed by atoms with E-state index in [0.717, 1.165) is 5.69 Å². The fourth-order valence-electron chi connectivity index (χ4n) is 2.37. The highest BCUT2D eigenvalue weighted by Crippen LogP contribution is 2.28. The summed E-state index contributed by atoms with van der Waals surface area (Å²) >= 11 is 12.0. The number of hydrogen-bond acceptors (Lipinski definition) is 7. The molecular formula is C18H18Cl2N6O2S. The fourth-order valence-corrected chi connectivity index (χ4v) is 4.23. The van der Waals surface area contributed by atoms with Crippen LogP contribution in [0.3, 0.4) is 0 Å². The van der Waals surface area contributed by atoms with Gasteiger partial charge in [-0.15, -0.1) is 10.2 Å². The van der Waals surface area contributed by atoms with Gasteiger partial charge in [0.05, 0.1) is 16.9 Å². The third-order valence-corrected chi connectivity index (χ3v) is 6.16. The first-order valence-corrected chi connectivity index (χ1v) is 10.8. The lowest BCUT2D eigenvalue weighted by atomic mass is 10.2. The number of halogens is 2. The number of anilines is 3. The van der Waals surface area contributed by atoms with E-state index in [-0.39, 0.29) is 16.5 Å². The molecular weight excluding hydrogens is 435 g/mol. The molecule has 2 heterocycles. The van der Waals surface area contributed by atoms with Gasteiger partial charge in [0.2, 0.25) is 10.0 Å². The molecule has 0 unspecified atom stereocenters. The summed E-state index contributed by atoms with van der Waals surface area (Å²) in [7, 11) is -3.76. The molecule has 0 fully saturated rings. The number of rotatable bonds is 8. The summed E-state index contributed by atoms with van der Waals surface area (Å²) in [5, 5.41) is 14.7. The Bertz CT molecular complexity index is 1080. The molecule has 0 radical (unpaired) electrons. The Morgan fingerprint density at radius 1 is 1.00 bits per heavy atom. The van der Waals surface area contributed by atoms with Gasteiger partial charge in [0.25, 0.3) is 0 Å². The molecule has 0 atom stereocenters. The number of pyridine rings is 1. The minimum atomic E-state index is -3.76. The first kappa shape index (κ1) is 21.3. The molecule has 8 nitrogen and oxygen atoms in total. The van der Waals surface area contributed by atoms with Gasteiger partial charge >= 0.3 is 0 Å². The zero-order valence-corrected chi connectivity index (χ0v) is 17.7. The summed E-state index contributed by atoms with van der Waals surface area (Å²) in [6, 6.07) is 10.0. The molecule has 3 aromatic rings. The van der Waals surface area contributed by atoms with Crippen LogP contribution >= 0.6 is 23.2 Å². The molecule has 0 aliphatic rings. The Balaban J connectivity index is 1.52. The predicted molar refractivity (Wildman–Crippen MR) is 114 cm³/mol. The van der Waals surface area contributed by atoms with Crippen LogP contribution in [0.1, 0.15) is 5.56 Å². The van der Waals surface area contributed by atoms with Crippen molar-refractivity contribution in [3.63, 3.8) is 0 Å². The van der Waals surface area contributed by atoms with Gasteiger partial charge in [-0.05, 0) is 48.9 Å². The molecule has 2 aromatic heterocycles. The summed E-state index contributed by atoms with van der Waals surface area (Å²) in [5.41, 5.74) is 1.43. The lowest BCUT2D eigenvalue weighted by molar-refractivity contribution is 0.583. The number of benzene rings is 1. The Morgan fingerprint density at radius 2 is 1.76 bits per heavy atom. The molecule has 0 saturated carbocycles. The van der Waals surface area contributed by atoms with E-state index in [1.807, 2.05) is 12.1 Å². The Morgan fingerprint density at radius 3 is 2.45 bits per heavy atom. The van der Waals surface area contributed by atoms with Crippen molar-refractivity contribution in [2.45, 2.75) is 11.8 Å². The predicted octanol–water partition coefficient (Wildman–Crippen LogP) is 3.62. The van der Waals surface area contributed by atoms with Gasteiger partial charge in [-0.2, -0.15) is 0 Å². The van der Waals surface area contributed by atoms with Gasteiger partial charge in [0.15, 0.2) is 5.82 Å². The molecule has 3 N–H and O–H groups in total. The molecule has 0 spiro atoms. The zero-order chi connectivity index (χ0) is 20.9. The second-order valence-corrected chi connectivity index (χ2v) is 8.58. The Labute approximate surface area is 178 Å². The molecule has 0 aliphatic heterocycles. The van der Waals surface area contributed by atoms with Crippen molar-refractivity contribution >= 4 is 50.5 Å². The van der Waals surface area contributed by atoms with E-state index in [4.69, 9.17) is 23.2 Å². The minimum absolute atomic E-state index is 0.00770. The van der Waals surface area contributed by atoms with Crippen LogP contribution in [0.4, 0.5) is 17.3 Å². The summed E-state index contributed by atoms with van der Waals surface area (Å²) in [6.07, 6.45) is 3.36. The highest BCUT2D eigenvalue weighted by molar-refractivity contribution is 7.89. The molecule has 29 heavy (non-hydrogen) atoms. The van der Waals surface area contributed by atoms with E-state index in [0.29, 0.717) is 28.8 Å². The second kappa shape index (κ2) is 9.36. The largest absolute Gasteiger partial charge is 0.367 e. The van der Waals surface area contributed by atoms with Crippen LogP contribution in [0, 0.1) is 6.92 Å². The third kappa shape index (κ3) is 5.77. The van der Waals surface area contributed by atoms with Crippen molar-refractivity contribution in [3.8, 4) is 0 Å². The number of sulfonamides is 1. The van der Waals surface area contributed by atoms with Crippen molar-refractivity contribution in [2.24, 2.45) is 0 Å². The maximum atomic E-state index is 12.4. The molecule has 0 bridgehead atoms. The quantitative estimate of drug-likeness (QED) is 0.447. The molecule has 152 valence electrons. The van der Waals surface area contributed by atoms with Crippen LogP contribution < -0.4 is 15.4 Å². The first-order valence-electron chi connectivity index (χ1n) is 8.55. The van der Waals surface area contributed by atoms with Gasteiger partial charge in [0, 0.05) is 24.3 Å². The van der Waals surface area contributed by atoms with E-state index >= 15 is 0 Å². The number of aromatic nitrogens is 3. The number of hydrogen-bond donors (Lipinski definition) is 3. The topological polar surface area (TPSA) is 109 Å². The van der Waals surface area contributed by atoms with Crippen LogP contribution in [0.2, 0.25) is 10.0 Å². The first-order chi connectivity index (χ1) is 13.8. The van der Waals surface area contributed by atoms with E-state index in [2.05, 4.69) is 30.5 Å². The average Bonchev–Trinajstić information content (AvgIpc) is 2.70. The van der Waals surface area contributed by atoms with Gasteiger partial charge in [-0.1, -0.05) is 23.2 Å². The van der Waals surface area contributed by atoms with Crippen LogP contribution in [0.15, 0.2) is 53.7 Å². The molecule has 0 saturated heterocycles. The monoisotopic (exact) mass is 452 g/mol. The van der Waals surface area contributed by atoms with Crippen molar-refractivity contribution in [3.05, 3.63) is 64.4 Å².